The zero-order chi connectivity index (χ0) is 19.5. The largest absolute Gasteiger partial charge is 0.473 e. The Balaban J connectivity index is 0.000000487. The Morgan fingerprint density at radius 1 is 1.19 bits per heavy atom. The standard InChI is InChI=1S/C16H26N2OS.C2H2O4/c1-3-15(19)18(16-8-7-13-20-16)12-9-14(2)17-10-5-4-6-11-17;3-1(4)2(5)6/h7-8,13-14H,3-6,9-12H2,1-2H3;(H,3,4)(H,5,6). The third kappa shape index (κ3) is 7.53. The number of carboxylic acids is 2. The van der Waals surface area contributed by atoms with E-state index in [1.165, 1.54) is 32.4 Å². The molecule has 0 aromatic carbocycles. The van der Waals surface area contributed by atoms with E-state index in [1.807, 2.05) is 29.3 Å². The molecule has 1 aliphatic heterocycles. The maximum atomic E-state index is 12.1. The van der Waals surface area contributed by atoms with Gasteiger partial charge in [-0.1, -0.05) is 13.3 Å². The summed E-state index contributed by atoms with van der Waals surface area (Å²) in [4.78, 5) is 34.9. The lowest BCUT2D eigenvalue weighted by Gasteiger charge is -2.33. The number of amides is 1. The Morgan fingerprint density at radius 2 is 1.81 bits per heavy atom. The molecule has 1 aliphatic rings. The molecule has 0 spiro atoms. The molecule has 0 bridgehead atoms. The van der Waals surface area contributed by atoms with Crippen LogP contribution in [0.3, 0.4) is 0 Å². The van der Waals surface area contributed by atoms with Crippen molar-refractivity contribution in [1.29, 1.82) is 0 Å². The summed E-state index contributed by atoms with van der Waals surface area (Å²) in [5.41, 5.74) is 0. The molecular formula is C18H28N2O5S. The van der Waals surface area contributed by atoms with Crippen molar-refractivity contribution in [2.24, 2.45) is 0 Å². The van der Waals surface area contributed by atoms with E-state index in [2.05, 4.69) is 11.8 Å². The SMILES string of the molecule is CCC(=O)N(CCC(C)N1CCCCC1)c1cccs1.O=C(O)C(=O)O. The van der Waals surface area contributed by atoms with Crippen molar-refractivity contribution in [2.45, 2.75) is 52.0 Å². The van der Waals surface area contributed by atoms with Gasteiger partial charge in [-0.15, -0.1) is 11.3 Å². The number of nitrogens with zero attached hydrogens (tertiary/aromatic N) is 2. The molecule has 7 nitrogen and oxygen atoms in total. The number of carbonyl (C=O) groups is 3. The van der Waals surface area contributed by atoms with Gasteiger partial charge >= 0.3 is 11.9 Å². The van der Waals surface area contributed by atoms with Gasteiger partial charge in [0.2, 0.25) is 5.91 Å². The first-order valence-corrected chi connectivity index (χ1v) is 9.78. The lowest BCUT2D eigenvalue weighted by atomic mass is 10.1. The highest BCUT2D eigenvalue weighted by atomic mass is 32.1. The van der Waals surface area contributed by atoms with Gasteiger partial charge in [-0.25, -0.2) is 9.59 Å². The molecule has 26 heavy (non-hydrogen) atoms. The van der Waals surface area contributed by atoms with E-state index >= 15 is 0 Å². The van der Waals surface area contributed by atoms with Crippen molar-refractivity contribution in [3.63, 3.8) is 0 Å². The van der Waals surface area contributed by atoms with Crippen molar-refractivity contribution in [2.75, 3.05) is 24.5 Å². The normalized spacial score (nSPS) is 15.5. The number of hydrogen-bond donors (Lipinski definition) is 2. The molecule has 0 saturated carbocycles. The van der Waals surface area contributed by atoms with Crippen LogP contribution in [0, 0.1) is 0 Å². The average Bonchev–Trinajstić information content (AvgIpc) is 3.17. The van der Waals surface area contributed by atoms with Crippen LogP contribution >= 0.6 is 11.3 Å². The second-order valence-corrected chi connectivity index (χ2v) is 7.12. The Hall–Kier alpha value is -1.93. The van der Waals surface area contributed by atoms with Crippen molar-refractivity contribution in [3.8, 4) is 0 Å². The second kappa shape index (κ2) is 11.6. The van der Waals surface area contributed by atoms with E-state index < -0.39 is 11.9 Å². The van der Waals surface area contributed by atoms with Crippen molar-refractivity contribution in [1.82, 2.24) is 4.90 Å². The van der Waals surface area contributed by atoms with E-state index in [0.717, 1.165) is 18.0 Å². The third-order valence-electron chi connectivity index (χ3n) is 4.34. The topological polar surface area (TPSA) is 98.2 Å². The van der Waals surface area contributed by atoms with Crippen LogP contribution in [0.25, 0.3) is 0 Å². The fraction of sp³-hybridized carbons (Fsp3) is 0.611. The molecule has 1 atom stereocenters. The van der Waals surface area contributed by atoms with Gasteiger partial charge in [-0.3, -0.25) is 4.79 Å². The molecule has 8 heteroatoms. The molecule has 0 aliphatic carbocycles. The van der Waals surface area contributed by atoms with E-state index in [0.29, 0.717) is 12.5 Å². The minimum Gasteiger partial charge on any atom is -0.473 e. The maximum absolute atomic E-state index is 12.1. The van der Waals surface area contributed by atoms with Gasteiger partial charge in [0.15, 0.2) is 0 Å². The fourth-order valence-corrected chi connectivity index (χ4v) is 3.60. The lowest BCUT2D eigenvalue weighted by Crippen LogP contribution is -2.40. The zero-order valence-corrected chi connectivity index (χ0v) is 16.2. The van der Waals surface area contributed by atoms with Gasteiger partial charge in [0.05, 0.1) is 5.00 Å². The number of carboxylic acid groups (broad SMARTS) is 2. The van der Waals surface area contributed by atoms with Crippen molar-refractivity contribution in [3.05, 3.63) is 17.5 Å². The number of hydrogen-bond acceptors (Lipinski definition) is 5. The minimum absolute atomic E-state index is 0.235. The summed E-state index contributed by atoms with van der Waals surface area (Å²) in [7, 11) is 0. The average molecular weight is 384 g/mol. The van der Waals surface area contributed by atoms with Crippen LogP contribution in [-0.2, 0) is 14.4 Å². The van der Waals surface area contributed by atoms with Gasteiger partial charge in [0.1, 0.15) is 0 Å². The van der Waals surface area contributed by atoms with E-state index in [4.69, 9.17) is 19.8 Å². The second-order valence-electron chi connectivity index (χ2n) is 6.19. The molecule has 1 fully saturated rings. The smallest absolute Gasteiger partial charge is 0.414 e. The highest BCUT2D eigenvalue weighted by Crippen LogP contribution is 2.23. The first-order valence-electron chi connectivity index (χ1n) is 8.91. The van der Waals surface area contributed by atoms with Crippen LogP contribution in [0.4, 0.5) is 5.00 Å². The van der Waals surface area contributed by atoms with Gasteiger partial charge in [-0.05, 0) is 56.8 Å². The lowest BCUT2D eigenvalue weighted by molar-refractivity contribution is -0.159. The highest BCUT2D eigenvalue weighted by molar-refractivity contribution is 7.14. The quantitative estimate of drug-likeness (QED) is 0.732. The van der Waals surface area contributed by atoms with Crippen LogP contribution in [0.1, 0.15) is 46.0 Å². The Kier molecular flexibility index (Phi) is 9.90. The molecule has 2 N–H and O–H groups in total. The summed E-state index contributed by atoms with van der Waals surface area (Å²) in [6, 6.07) is 4.63. The molecule has 1 unspecified atom stereocenters. The predicted molar refractivity (Wildman–Crippen MR) is 102 cm³/mol. The van der Waals surface area contributed by atoms with E-state index in [1.54, 1.807) is 11.3 Å². The molecule has 1 amide bonds. The van der Waals surface area contributed by atoms with Gasteiger partial charge in [0.25, 0.3) is 0 Å². The van der Waals surface area contributed by atoms with Crippen molar-refractivity contribution >= 4 is 34.2 Å². The van der Waals surface area contributed by atoms with Crippen LogP contribution in [0.5, 0.6) is 0 Å². The minimum atomic E-state index is -1.82. The third-order valence-corrected chi connectivity index (χ3v) is 5.23. The number of rotatable bonds is 6. The Labute approximate surface area is 158 Å². The monoisotopic (exact) mass is 384 g/mol. The summed E-state index contributed by atoms with van der Waals surface area (Å²) >= 11 is 1.65. The molecule has 2 heterocycles. The number of thiophene rings is 1. The predicted octanol–water partition coefficient (Wildman–Crippen LogP) is 2.91. The van der Waals surface area contributed by atoms with E-state index in [-0.39, 0.29) is 5.91 Å². The summed E-state index contributed by atoms with van der Waals surface area (Å²) in [6.07, 6.45) is 5.66. The number of piperidine rings is 1. The fourth-order valence-electron chi connectivity index (χ4n) is 2.83. The highest BCUT2D eigenvalue weighted by Gasteiger charge is 2.20. The molecule has 2 rings (SSSR count). The van der Waals surface area contributed by atoms with E-state index in [9.17, 15) is 4.79 Å². The number of anilines is 1. The summed E-state index contributed by atoms with van der Waals surface area (Å²) < 4.78 is 0. The van der Waals surface area contributed by atoms with Gasteiger partial charge < -0.3 is 20.0 Å². The van der Waals surface area contributed by atoms with Gasteiger partial charge in [0, 0.05) is 19.0 Å². The Bertz CT molecular complexity index is 558. The maximum Gasteiger partial charge on any atom is 0.414 e. The first kappa shape index (κ1) is 22.1. The number of likely N-dealkylation sites (tertiary alicyclic amines) is 1. The van der Waals surface area contributed by atoms with Crippen LogP contribution in [0.2, 0.25) is 0 Å². The number of aliphatic carboxylic acids is 2. The molecule has 1 aromatic rings. The summed E-state index contributed by atoms with van der Waals surface area (Å²) in [6.45, 7) is 7.53. The molecule has 1 aromatic heterocycles. The molecule has 146 valence electrons. The Morgan fingerprint density at radius 3 is 2.27 bits per heavy atom. The first-order chi connectivity index (χ1) is 12.4. The molecular weight excluding hydrogens is 356 g/mol. The summed E-state index contributed by atoms with van der Waals surface area (Å²) in [5.74, 6) is -3.41. The van der Waals surface area contributed by atoms with Gasteiger partial charge in [-0.2, -0.15) is 0 Å². The summed E-state index contributed by atoms with van der Waals surface area (Å²) in [5, 5.41) is 17.9. The van der Waals surface area contributed by atoms with Crippen LogP contribution in [0.15, 0.2) is 17.5 Å². The zero-order valence-electron chi connectivity index (χ0n) is 15.4. The molecule has 0 radical (unpaired) electrons. The molecule has 1 saturated heterocycles. The number of carbonyl (C=O) groups excluding carboxylic acids is 1. The van der Waals surface area contributed by atoms with Crippen LogP contribution in [-0.4, -0.2) is 58.6 Å². The van der Waals surface area contributed by atoms with Crippen molar-refractivity contribution < 1.29 is 24.6 Å². The van der Waals surface area contributed by atoms with Crippen LogP contribution < -0.4 is 4.90 Å².